The first kappa shape index (κ1) is 12.7. The minimum absolute atomic E-state index is 0.234. The van der Waals surface area contributed by atoms with Crippen LogP contribution >= 0.6 is 0 Å². The molecule has 2 aromatic rings. The molecule has 2 heterocycles. The van der Waals surface area contributed by atoms with Gasteiger partial charge in [0.25, 0.3) is 0 Å². The van der Waals surface area contributed by atoms with E-state index in [1.54, 1.807) is 10.8 Å². The van der Waals surface area contributed by atoms with Crippen LogP contribution in [0.15, 0.2) is 17.1 Å². The van der Waals surface area contributed by atoms with Gasteiger partial charge >= 0.3 is 5.69 Å². The number of hydrogen-bond acceptors (Lipinski definition) is 4. The molecule has 18 heavy (non-hydrogen) atoms. The Morgan fingerprint density at radius 3 is 2.72 bits per heavy atom. The quantitative estimate of drug-likeness (QED) is 0.809. The average Bonchev–Trinajstić information content (AvgIpc) is 2.26. The molecule has 0 fully saturated rings. The lowest BCUT2D eigenvalue weighted by atomic mass is 10.2. The average molecular weight is 246 g/mol. The monoisotopic (exact) mass is 246 g/mol. The summed E-state index contributed by atoms with van der Waals surface area (Å²) in [6.45, 7) is 5.34. The third-order valence-electron chi connectivity index (χ3n) is 2.93. The van der Waals surface area contributed by atoms with Gasteiger partial charge in [-0.15, -0.1) is 0 Å². The van der Waals surface area contributed by atoms with Crippen LogP contribution in [0.2, 0.25) is 0 Å². The topological polar surface area (TPSA) is 51.0 Å². The maximum atomic E-state index is 11.9. The summed E-state index contributed by atoms with van der Waals surface area (Å²) in [6, 6.07) is 2.00. The van der Waals surface area contributed by atoms with Gasteiger partial charge in [-0.3, -0.25) is 4.57 Å². The molecule has 0 unspecified atom stereocenters. The predicted octanol–water partition coefficient (Wildman–Crippen LogP) is 0.970. The van der Waals surface area contributed by atoms with E-state index in [4.69, 9.17) is 0 Å². The Balaban J connectivity index is 2.62. The summed E-state index contributed by atoms with van der Waals surface area (Å²) in [4.78, 5) is 22.3. The van der Waals surface area contributed by atoms with E-state index in [-0.39, 0.29) is 5.69 Å². The summed E-state index contributed by atoms with van der Waals surface area (Å²) in [6.07, 6.45) is 1.62. The summed E-state index contributed by atoms with van der Waals surface area (Å²) in [5.74, 6) is 0. The van der Waals surface area contributed by atoms with Gasteiger partial charge < -0.3 is 4.90 Å². The second-order valence-corrected chi connectivity index (χ2v) is 4.81. The standard InChI is InChI=1S/C13H18N4O/c1-9-7-10(2)15-12-11(9)8-14-13(18)17(12)6-5-16(3)4/h7-8H,5-6H2,1-4H3. The molecule has 0 aliphatic carbocycles. The Bertz CT molecular complexity index is 631. The Hall–Kier alpha value is -1.75. The molecule has 2 rings (SSSR count). The number of pyridine rings is 1. The fourth-order valence-electron chi connectivity index (χ4n) is 1.97. The first-order valence-electron chi connectivity index (χ1n) is 5.97. The second kappa shape index (κ2) is 4.86. The van der Waals surface area contributed by atoms with Crippen LogP contribution in [-0.2, 0) is 6.54 Å². The van der Waals surface area contributed by atoms with E-state index in [0.717, 1.165) is 28.8 Å². The van der Waals surface area contributed by atoms with Crippen molar-refractivity contribution >= 4 is 11.0 Å². The number of nitrogens with zero attached hydrogens (tertiary/aromatic N) is 4. The van der Waals surface area contributed by atoms with E-state index in [0.29, 0.717) is 6.54 Å². The number of fused-ring (bicyclic) bond motifs is 1. The highest BCUT2D eigenvalue weighted by Gasteiger charge is 2.08. The van der Waals surface area contributed by atoms with Crippen LogP contribution < -0.4 is 5.69 Å². The van der Waals surface area contributed by atoms with Crippen molar-refractivity contribution in [3.8, 4) is 0 Å². The highest BCUT2D eigenvalue weighted by molar-refractivity contribution is 5.78. The van der Waals surface area contributed by atoms with E-state index in [2.05, 4.69) is 9.97 Å². The largest absolute Gasteiger partial charge is 0.349 e. The fourth-order valence-corrected chi connectivity index (χ4v) is 1.97. The Morgan fingerprint density at radius 1 is 1.33 bits per heavy atom. The van der Waals surface area contributed by atoms with Crippen LogP contribution in [0.5, 0.6) is 0 Å². The zero-order valence-corrected chi connectivity index (χ0v) is 11.3. The third kappa shape index (κ3) is 2.41. The SMILES string of the molecule is Cc1cc(C)c2cnc(=O)n(CCN(C)C)c2n1. The summed E-state index contributed by atoms with van der Waals surface area (Å²) < 4.78 is 1.65. The number of hydrogen-bond donors (Lipinski definition) is 0. The van der Waals surface area contributed by atoms with Crippen LogP contribution in [0.25, 0.3) is 11.0 Å². The molecule has 5 heteroatoms. The molecule has 0 bridgehead atoms. The summed E-state index contributed by atoms with van der Waals surface area (Å²) >= 11 is 0. The smallest absolute Gasteiger partial charge is 0.308 e. The molecule has 0 radical (unpaired) electrons. The molecule has 0 saturated heterocycles. The maximum Gasteiger partial charge on any atom is 0.349 e. The predicted molar refractivity (Wildman–Crippen MR) is 71.8 cm³/mol. The third-order valence-corrected chi connectivity index (χ3v) is 2.93. The fraction of sp³-hybridized carbons (Fsp3) is 0.462. The first-order valence-corrected chi connectivity index (χ1v) is 5.97. The van der Waals surface area contributed by atoms with E-state index in [1.807, 2.05) is 38.9 Å². The van der Waals surface area contributed by atoms with E-state index in [1.165, 1.54) is 0 Å². The van der Waals surface area contributed by atoms with Gasteiger partial charge in [-0.05, 0) is 39.6 Å². The van der Waals surface area contributed by atoms with Gasteiger partial charge in [-0.2, -0.15) is 0 Å². The maximum absolute atomic E-state index is 11.9. The Kier molecular flexibility index (Phi) is 3.43. The molecule has 0 amide bonds. The van der Waals surface area contributed by atoms with Crippen molar-refractivity contribution in [1.82, 2.24) is 19.4 Å². The van der Waals surface area contributed by atoms with Crippen molar-refractivity contribution in [2.45, 2.75) is 20.4 Å². The molecule has 0 aromatic carbocycles. The molecule has 96 valence electrons. The van der Waals surface area contributed by atoms with E-state index in [9.17, 15) is 4.79 Å². The molecule has 0 saturated carbocycles. The van der Waals surface area contributed by atoms with Crippen molar-refractivity contribution in [2.24, 2.45) is 0 Å². The van der Waals surface area contributed by atoms with Gasteiger partial charge in [0, 0.05) is 30.4 Å². The summed E-state index contributed by atoms with van der Waals surface area (Å²) in [7, 11) is 3.96. The minimum Gasteiger partial charge on any atom is -0.308 e. The molecular weight excluding hydrogens is 228 g/mol. The molecular formula is C13H18N4O. The van der Waals surface area contributed by atoms with Crippen molar-refractivity contribution < 1.29 is 0 Å². The number of aromatic nitrogens is 3. The summed E-state index contributed by atoms with van der Waals surface area (Å²) in [5.41, 5.74) is 2.52. The van der Waals surface area contributed by atoms with Gasteiger partial charge in [-0.25, -0.2) is 14.8 Å². The molecule has 0 aliphatic rings. The van der Waals surface area contributed by atoms with Gasteiger partial charge in [0.05, 0.1) is 0 Å². The van der Waals surface area contributed by atoms with Crippen molar-refractivity contribution in [3.05, 3.63) is 34.0 Å². The number of aryl methyl sites for hydroxylation is 2. The molecule has 0 atom stereocenters. The van der Waals surface area contributed by atoms with E-state index < -0.39 is 0 Å². The lowest BCUT2D eigenvalue weighted by molar-refractivity contribution is 0.382. The van der Waals surface area contributed by atoms with Crippen LogP contribution in [0.3, 0.4) is 0 Å². The van der Waals surface area contributed by atoms with Crippen molar-refractivity contribution in [1.29, 1.82) is 0 Å². The Labute approximate surface area is 106 Å². The molecule has 2 aromatic heterocycles. The van der Waals surface area contributed by atoms with Crippen LogP contribution in [-0.4, -0.2) is 40.1 Å². The number of likely N-dealkylation sites (N-methyl/N-ethyl adjacent to an activating group) is 1. The molecule has 0 spiro atoms. The summed E-state index contributed by atoms with van der Waals surface area (Å²) in [5, 5.41) is 0.943. The highest BCUT2D eigenvalue weighted by atomic mass is 16.1. The van der Waals surface area contributed by atoms with Crippen LogP contribution in [0.1, 0.15) is 11.3 Å². The van der Waals surface area contributed by atoms with Gasteiger partial charge in [0.15, 0.2) is 0 Å². The van der Waals surface area contributed by atoms with E-state index >= 15 is 0 Å². The van der Waals surface area contributed by atoms with Gasteiger partial charge in [-0.1, -0.05) is 0 Å². The highest BCUT2D eigenvalue weighted by Crippen LogP contribution is 2.14. The van der Waals surface area contributed by atoms with Crippen molar-refractivity contribution in [2.75, 3.05) is 20.6 Å². The Morgan fingerprint density at radius 2 is 2.06 bits per heavy atom. The second-order valence-electron chi connectivity index (χ2n) is 4.81. The lowest BCUT2D eigenvalue weighted by Crippen LogP contribution is -2.29. The van der Waals surface area contributed by atoms with Crippen LogP contribution in [0.4, 0.5) is 0 Å². The molecule has 5 nitrogen and oxygen atoms in total. The first-order chi connectivity index (χ1) is 8.49. The van der Waals surface area contributed by atoms with Gasteiger partial charge in [0.2, 0.25) is 0 Å². The normalized spacial score (nSPS) is 11.4. The van der Waals surface area contributed by atoms with Crippen molar-refractivity contribution in [3.63, 3.8) is 0 Å². The van der Waals surface area contributed by atoms with Gasteiger partial charge in [0.1, 0.15) is 5.65 Å². The minimum atomic E-state index is -0.234. The number of rotatable bonds is 3. The zero-order chi connectivity index (χ0) is 13.3. The lowest BCUT2D eigenvalue weighted by Gasteiger charge is -2.13. The molecule has 0 aliphatic heterocycles. The van der Waals surface area contributed by atoms with Crippen LogP contribution in [0, 0.1) is 13.8 Å². The molecule has 0 N–H and O–H groups in total. The zero-order valence-electron chi connectivity index (χ0n) is 11.3.